The zero-order chi connectivity index (χ0) is 13.8. The molecule has 0 aromatic carbocycles. The number of nitrogens with one attached hydrogen (secondary N) is 2. The third-order valence-corrected chi connectivity index (χ3v) is 4.08. The van der Waals surface area contributed by atoms with E-state index in [0.29, 0.717) is 18.9 Å². The fourth-order valence-corrected chi connectivity index (χ4v) is 2.78. The Kier molecular flexibility index (Phi) is 4.89. The zero-order valence-corrected chi connectivity index (χ0v) is 12.0. The number of aromatic amines is 1. The van der Waals surface area contributed by atoms with Crippen LogP contribution in [0, 0.1) is 12.3 Å². The summed E-state index contributed by atoms with van der Waals surface area (Å²) in [4.78, 5) is 6.60. The van der Waals surface area contributed by atoms with Gasteiger partial charge in [-0.3, -0.25) is 0 Å². The van der Waals surface area contributed by atoms with Crippen molar-refractivity contribution in [1.82, 2.24) is 14.7 Å². The van der Waals surface area contributed by atoms with Crippen molar-refractivity contribution >= 4 is 10.0 Å². The predicted molar refractivity (Wildman–Crippen MR) is 70.6 cm³/mol. The van der Waals surface area contributed by atoms with Gasteiger partial charge >= 0.3 is 0 Å². The summed E-state index contributed by atoms with van der Waals surface area (Å²) in [6, 6.07) is 0. The molecule has 7 heteroatoms. The molecule has 1 aromatic heterocycles. The number of aromatic nitrogens is 2. The molecule has 18 heavy (non-hydrogen) atoms. The third kappa shape index (κ3) is 4.40. The molecule has 0 aliphatic carbocycles. The highest BCUT2D eigenvalue weighted by Crippen LogP contribution is 2.21. The van der Waals surface area contributed by atoms with Gasteiger partial charge in [-0.25, -0.2) is 18.1 Å². The van der Waals surface area contributed by atoms with Gasteiger partial charge in [-0.1, -0.05) is 13.8 Å². The van der Waals surface area contributed by atoms with Crippen LogP contribution in [-0.2, 0) is 10.0 Å². The molecule has 1 heterocycles. The Morgan fingerprint density at radius 1 is 1.50 bits per heavy atom. The molecule has 0 unspecified atom stereocenters. The van der Waals surface area contributed by atoms with E-state index in [-0.39, 0.29) is 10.4 Å². The van der Waals surface area contributed by atoms with Crippen molar-refractivity contribution in [1.29, 1.82) is 0 Å². The summed E-state index contributed by atoms with van der Waals surface area (Å²) in [6.45, 7) is 6.75. The summed E-state index contributed by atoms with van der Waals surface area (Å²) in [6.07, 6.45) is 3.09. The molecule has 0 spiro atoms. The molecule has 0 amide bonds. The van der Waals surface area contributed by atoms with Gasteiger partial charge in [0.15, 0.2) is 5.03 Å². The Morgan fingerprint density at radius 3 is 2.67 bits per heavy atom. The van der Waals surface area contributed by atoms with E-state index in [1.165, 1.54) is 6.20 Å². The zero-order valence-electron chi connectivity index (χ0n) is 11.2. The van der Waals surface area contributed by atoms with Gasteiger partial charge in [-0.05, 0) is 31.7 Å². The van der Waals surface area contributed by atoms with Crippen LogP contribution >= 0.6 is 0 Å². The van der Waals surface area contributed by atoms with E-state index in [1.807, 2.05) is 13.8 Å². The van der Waals surface area contributed by atoms with Crippen LogP contribution in [0.3, 0.4) is 0 Å². The maximum absolute atomic E-state index is 12.0. The Morgan fingerprint density at radius 2 is 2.17 bits per heavy atom. The number of sulfonamides is 1. The fraction of sp³-hybridized carbons (Fsp3) is 0.727. The standard InChI is InChI=1S/C11H22N4O2S/c1-9-13-7-10(15-9)18(16,17)14-8-11(2,3)5-4-6-12/h7,14H,4-6,8,12H2,1-3H3,(H,13,15). The largest absolute Gasteiger partial charge is 0.332 e. The second-order valence-electron chi connectivity index (χ2n) is 5.21. The first-order valence-corrected chi connectivity index (χ1v) is 7.46. The van der Waals surface area contributed by atoms with Gasteiger partial charge in [0.05, 0.1) is 6.20 Å². The molecule has 0 atom stereocenters. The second-order valence-corrected chi connectivity index (χ2v) is 6.95. The van der Waals surface area contributed by atoms with Crippen LogP contribution in [0.1, 0.15) is 32.5 Å². The number of nitrogens with two attached hydrogens (primary N) is 1. The lowest BCUT2D eigenvalue weighted by molar-refractivity contribution is 0.327. The highest BCUT2D eigenvalue weighted by molar-refractivity contribution is 7.89. The van der Waals surface area contributed by atoms with Gasteiger partial charge in [-0.15, -0.1) is 0 Å². The first kappa shape index (κ1) is 15.1. The van der Waals surface area contributed by atoms with Gasteiger partial charge in [0, 0.05) is 6.54 Å². The molecule has 1 rings (SSSR count). The van der Waals surface area contributed by atoms with Gasteiger partial charge in [0.25, 0.3) is 10.0 Å². The van der Waals surface area contributed by atoms with Crippen LogP contribution in [-0.4, -0.2) is 31.5 Å². The van der Waals surface area contributed by atoms with Crippen molar-refractivity contribution in [3.05, 3.63) is 12.0 Å². The molecule has 0 aliphatic heterocycles. The maximum atomic E-state index is 12.0. The number of imidazole rings is 1. The normalized spacial score (nSPS) is 12.9. The van der Waals surface area contributed by atoms with Gasteiger partial charge in [-0.2, -0.15) is 0 Å². The number of hydrogen-bond acceptors (Lipinski definition) is 4. The molecule has 4 N–H and O–H groups in total. The van der Waals surface area contributed by atoms with E-state index in [9.17, 15) is 8.42 Å². The van der Waals surface area contributed by atoms with Gasteiger partial charge < -0.3 is 10.7 Å². The molecular formula is C11H22N4O2S. The van der Waals surface area contributed by atoms with Crippen molar-refractivity contribution in [2.24, 2.45) is 11.1 Å². The minimum Gasteiger partial charge on any atom is -0.332 e. The summed E-state index contributed by atoms with van der Waals surface area (Å²) in [7, 11) is -3.50. The Bertz CT molecular complexity index is 479. The minimum atomic E-state index is -3.50. The summed E-state index contributed by atoms with van der Waals surface area (Å²) in [5.74, 6) is 0.581. The molecule has 0 fully saturated rings. The van der Waals surface area contributed by atoms with Crippen molar-refractivity contribution in [2.75, 3.05) is 13.1 Å². The molecule has 0 aliphatic rings. The van der Waals surface area contributed by atoms with Crippen LogP contribution in [0.25, 0.3) is 0 Å². The number of hydrogen-bond donors (Lipinski definition) is 3. The van der Waals surface area contributed by atoms with Gasteiger partial charge in [0.1, 0.15) is 5.82 Å². The van der Waals surface area contributed by atoms with E-state index in [4.69, 9.17) is 5.73 Å². The number of nitrogens with zero attached hydrogens (tertiary/aromatic N) is 1. The van der Waals surface area contributed by atoms with E-state index in [0.717, 1.165) is 12.8 Å². The van der Waals surface area contributed by atoms with Crippen molar-refractivity contribution < 1.29 is 8.42 Å². The lowest BCUT2D eigenvalue weighted by atomic mass is 9.88. The van der Waals surface area contributed by atoms with E-state index >= 15 is 0 Å². The van der Waals surface area contributed by atoms with E-state index in [1.54, 1.807) is 6.92 Å². The lowest BCUT2D eigenvalue weighted by Gasteiger charge is -2.24. The van der Waals surface area contributed by atoms with E-state index in [2.05, 4.69) is 14.7 Å². The molecular weight excluding hydrogens is 252 g/mol. The predicted octanol–water partition coefficient (Wildman–Crippen LogP) is 0.762. The Labute approximate surface area is 108 Å². The topological polar surface area (TPSA) is 101 Å². The molecule has 0 radical (unpaired) electrons. The molecule has 104 valence electrons. The monoisotopic (exact) mass is 274 g/mol. The second kappa shape index (κ2) is 5.81. The van der Waals surface area contributed by atoms with Crippen molar-refractivity contribution in [3.63, 3.8) is 0 Å². The number of H-pyrrole nitrogens is 1. The highest BCUT2D eigenvalue weighted by atomic mass is 32.2. The molecule has 0 bridgehead atoms. The molecule has 0 saturated heterocycles. The molecule has 6 nitrogen and oxygen atoms in total. The molecule has 1 aromatic rings. The summed E-state index contributed by atoms with van der Waals surface area (Å²) in [5, 5.41) is 0.106. The van der Waals surface area contributed by atoms with Crippen LogP contribution in [0.5, 0.6) is 0 Å². The first-order chi connectivity index (χ1) is 8.27. The summed E-state index contributed by atoms with van der Waals surface area (Å²) in [5.41, 5.74) is 5.35. The Balaban J connectivity index is 2.62. The van der Waals surface area contributed by atoms with E-state index < -0.39 is 10.0 Å². The Hall–Kier alpha value is -0.920. The van der Waals surface area contributed by atoms with Crippen molar-refractivity contribution in [3.8, 4) is 0 Å². The van der Waals surface area contributed by atoms with Crippen LogP contribution in [0.15, 0.2) is 11.2 Å². The van der Waals surface area contributed by atoms with Crippen LogP contribution < -0.4 is 10.5 Å². The van der Waals surface area contributed by atoms with Crippen LogP contribution in [0.4, 0.5) is 0 Å². The number of aryl methyl sites for hydroxylation is 1. The average Bonchev–Trinajstić information content (AvgIpc) is 2.72. The minimum absolute atomic E-state index is 0.106. The fourth-order valence-electron chi connectivity index (χ4n) is 1.57. The van der Waals surface area contributed by atoms with Gasteiger partial charge in [0.2, 0.25) is 0 Å². The quantitative estimate of drug-likeness (QED) is 0.683. The smallest absolute Gasteiger partial charge is 0.257 e. The molecule has 0 saturated carbocycles. The van der Waals surface area contributed by atoms with Crippen LogP contribution in [0.2, 0.25) is 0 Å². The highest BCUT2D eigenvalue weighted by Gasteiger charge is 2.22. The summed E-state index contributed by atoms with van der Waals surface area (Å²) >= 11 is 0. The van der Waals surface area contributed by atoms with Crippen molar-refractivity contribution in [2.45, 2.75) is 38.6 Å². The lowest BCUT2D eigenvalue weighted by Crippen LogP contribution is -2.34. The average molecular weight is 274 g/mol. The third-order valence-electron chi connectivity index (χ3n) is 2.77. The maximum Gasteiger partial charge on any atom is 0.257 e. The summed E-state index contributed by atoms with van der Waals surface area (Å²) < 4.78 is 26.5. The first-order valence-electron chi connectivity index (χ1n) is 5.98. The SMILES string of the molecule is Cc1ncc(S(=O)(=O)NCC(C)(C)CCCN)[nH]1. The number of rotatable bonds is 7.